The molecule has 25 heavy (non-hydrogen) atoms. The molecular formula is C23H22NO+. The fraction of sp³-hybridized carbons (Fsp3) is 0.174. The van der Waals surface area contributed by atoms with E-state index in [1.165, 1.54) is 21.6 Å². The second-order valence-electron chi connectivity index (χ2n) is 6.83. The monoisotopic (exact) mass is 328 g/mol. The number of aryl methyl sites for hydroxylation is 1. The van der Waals surface area contributed by atoms with Crippen molar-refractivity contribution in [1.29, 1.82) is 0 Å². The first-order valence-electron chi connectivity index (χ1n) is 8.79. The van der Waals surface area contributed by atoms with Gasteiger partial charge in [-0.25, -0.2) is 0 Å². The molecule has 2 nitrogen and oxygen atoms in total. The third kappa shape index (κ3) is 3.26. The third-order valence-electron chi connectivity index (χ3n) is 5.05. The van der Waals surface area contributed by atoms with Gasteiger partial charge in [-0.1, -0.05) is 90.5 Å². The number of quaternary nitrogens is 1. The summed E-state index contributed by atoms with van der Waals surface area (Å²) in [6.07, 6.45) is 0. The van der Waals surface area contributed by atoms with Gasteiger partial charge in [0.2, 0.25) is 11.8 Å². The molecule has 124 valence electrons. The lowest BCUT2D eigenvalue weighted by Gasteiger charge is -2.02. The lowest BCUT2D eigenvalue weighted by atomic mass is 10.0. The molecule has 0 amide bonds. The number of nitrogens with one attached hydrogen (secondary N) is 1. The summed E-state index contributed by atoms with van der Waals surface area (Å²) in [7, 11) is 0. The summed E-state index contributed by atoms with van der Waals surface area (Å²) in [5.74, 6) is 0.250. The van der Waals surface area contributed by atoms with Crippen LogP contribution in [0.3, 0.4) is 0 Å². The first-order valence-corrected chi connectivity index (χ1v) is 8.79. The number of ketones is 1. The van der Waals surface area contributed by atoms with Crippen molar-refractivity contribution in [3.05, 3.63) is 107 Å². The van der Waals surface area contributed by atoms with Crippen LogP contribution in [-0.2, 0) is 6.54 Å². The van der Waals surface area contributed by atoms with E-state index >= 15 is 0 Å². The van der Waals surface area contributed by atoms with Crippen LogP contribution in [0.2, 0.25) is 0 Å². The van der Waals surface area contributed by atoms with Crippen molar-refractivity contribution in [2.75, 3.05) is 0 Å². The topological polar surface area (TPSA) is 21.5 Å². The number of hydrogen-bond donors (Lipinski definition) is 1. The summed E-state index contributed by atoms with van der Waals surface area (Å²) in [6.45, 7) is 2.92. The maximum Gasteiger partial charge on any atom is 0.226 e. The molecule has 1 aliphatic heterocycles. The fourth-order valence-electron chi connectivity index (χ4n) is 3.65. The third-order valence-corrected chi connectivity index (χ3v) is 5.05. The van der Waals surface area contributed by atoms with Crippen molar-refractivity contribution >= 4 is 5.78 Å². The van der Waals surface area contributed by atoms with Crippen LogP contribution < -0.4 is 4.90 Å². The Bertz CT molecular complexity index is 856. The largest absolute Gasteiger partial charge is 0.305 e. The standard InChI is InChI=1S/C23H21NO/c1-17-12-14-20(15-13-17)23(25)22-21(19-10-6-3-7-11-19)24(22)16-18-8-4-2-5-9-18/h2-15,21-22H,16H2,1H3/p+1/t21-,22+,24?/m0/s1. The van der Waals surface area contributed by atoms with Crippen LogP contribution in [0.25, 0.3) is 0 Å². The molecular weight excluding hydrogens is 306 g/mol. The summed E-state index contributed by atoms with van der Waals surface area (Å²) in [5, 5.41) is 0. The minimum atomic E-state index is 0.00492. The van der Waals surface area contributed by atoms with E-state index in [4.69, 9.17) is 0 Å². The molecule has 3 aromatic carbocycles. The molecule has 0 bridgehead atoms. The molecule has 0 spiro atoms. The summed E-state index contributed by atoms with van der Waals surface area (Å²) >= 11 is 0. The van der Waals surface area contributed by atoms with Gasteiger partial charge in [0.15, 0.2) is 6.04 Å². The lowest BCUT2D eigenvalue weighted by molar-refractivity contribution is -0.802. The predicted octanol–water partition coefficient (Wildman–Crippen LogP) is 3.39. The Morgan fingerprint density at radius 1 is 0.840 bits per heavy atom. The quantitative estimate of drug-likeness (QED) is 0.563. The van der Waals surface area contributed by atoms with Gasteiger partial charge in [0.25, 0.3) is 0 Å². The van der Waals surface area contributed by atoms with Crippen LogP contribution in [0, 0.1) is 6.92 Å². The Balaban J connectivity index is 1.61. The minimum absolute atomic E-state index is 0.00492. The number of hydrogen-bond acceptors (Lipinski definition) is 1. The summed E-state index contributed by atoms with van der Waals surface area (Å²) in [5.41, 5.74) is 4.52. The second-order valence-corrected chi connectivity index (χ2v) is 6.83. The van der Waals surface area contributed by atoms with Crippen molar-refractivity contribution in [3.63, 3.8) is 0 Å². The highest BCUT2D eigenvalue weighted by atomic mass is 16.1. The van der Waals surface area contributed by atoms with E-state index in [1.54, 1.807) is 0 Å². The first-order chi connectivity index (χ1) is 12.2. The number of carbonyl (C=O) groups is 1. The van der Waals surface area contributed by atoms with Gasteiger partial charge in [-0.2, -0.15) is 0 Å². The number of benzene rings is 3. The van der Waals surface area contributed by atoms with Crippen LogP contribution in [0.4, 0.5) is 0 Å². The Morgan fingerprint density at radius 3 is 2.08 bits per heavy atom. The van der Waals surface area contributed by atoms with Gasteiger partial charge in [-0.3, -0.25) is 4.79 Å². The average molecular weight is 328 g/mol. The molecule has 1 saturated heterocycles. The van der Waals surface area contributed by atoms with Gasteiger partial charge in [0.05, 0.1) is 0 Å². The van der Waals surface area contributed by atoms with Crippen molar-refractivity contribution in [2.45, 2.75) is 25.6 Å². The molecule has 1 heterocycles. The van der Waals surface area contributed by atoms with Crippen molar-refractivity contribution < 1.29 is 9.69 Å². The van der Waals surface area contributed by atoms with E-state index in [2.05, 4.69) is 48.5 Å². The molecule has 4 rings (SSSR count). The Kier molecular flexibility index (Phi) is 4.21. The summed E-state index contributed by atoms with van der Waals surface area (Å²) in [4.78, 5) is 14.4. The van der Waals surface area contributed by atoms with E-state index in [0.717, 1.165) is 12.1 Å². The number of carbonyl (C=O) groups excluding carboxylic acids is 1. The zero-order valence-electron chi connectivity index (χ0n) is 14.4. The molecule has 0 aliphatic carbocycles. The number of Topliss-reactive ketones (excluding diaryl/α,β-unsaturated/α-hetero) is 1. The Labute approximate surface area is 148 Å². The van der Waals surface area contributed by atoms with Gasteiger partial charge in [-0.05, 0) is 6.92 Å². The molecule has 3 atom stereocenters. The summed E-state index contributed by atoms with van der Waals surface area (Å²) < 4.78 is 0. The van der Waals surface area contributed by atoms with Crippen LogP contribution in [0.5, 0.6) is 0 Å². The van der Waals surface area contributed by atoms with Crippen LogP contribution in [0.15, 0.2) is 84.9 Å². The maximum absolute atomic E-state index is 13.1. The van der Waals surface area contributed by atoms with Crippen molar-refractivity contribution in [2.24, 2.45) is 0 Å². The van der Waals surface area contributed by atoms with Gasteiger partial charge >= 0.3 is 0 Å². The van der Waals surface area contributed by atoms with Crippen LogP contribution in [0.1, 0.15) is 33.1 Å². The van der Waals surface area contributed by atoms with Gasteiger partial charge in [0.1, 0.15) is 6.54 Å². The Hall–Kier alpha value is -2.71. The fourth-order valence-corrected chi connectivity index (χ4v) is 3.65. The second kappa shape index (κ2) is 6.66. The predicted molar refractivity (Wildman–Crippen MR) is 99.6 cm³/mol. The maximum atomic E-state index is 13.1. The molecule has 1 aliphatic rings. The highest BCUT2D eigenvalue weighted by Crippen LogP contribution is 2.26. The van der Waals surface area contributed by atoms with Crippen LogP contribution >= 0.6 is 0 Å². The SMILES string of the molecule is Cc1ccc(C(=O)[C@H]2[C@H](c3ccccc3)[NH+]2Cc2ccccc2)cc1. The zero-order valence-corrected chi connectivity index (χ0v) is 14.4. The highest BCUT2D eigenvalue weighted by molar-refractivity contribution is 6.00. The molecule has 1 fully saturated rings. The normalized spacial score (nSPS) is 21.7. The van der Waals surface area contributed by atoms with Crippen LogP contribution in [-0.4, -0.2) is 11.8 Å². The lowest BCUT2D eigenvalue weighted by Crippen LogP contribution is -2.93. The molecule has 1 N–H and O–H groups in total. The molecule has 3 aromatic rings. The zero-order chi connectivity index (χ0) is 17.2. The van der Waals surface area contributed by atoms with E-state index in [9.17, 15) is 4.79 Å². The molecule has 0 radical (unpaired) electrons. The van der Waals surface area contributed by atoms with E-state index in [-0.39, 0.29) is 17.9 Å². The van der Waals surface area contributed by atoms with E-state index < -0.39 is 0 Å². The molecule has 2 heteroatoms. The minimum Gasteiger partial charge on any atom is -0.305 e. The molecule has 1 unspecified atom stereocenters. The van der Waals surface area contributed by atoms with Gasteiger partial charge in [0, 0.05) is 16.7 Å². The van der Waals surface area contributed by atoms with E-state index in [0.29, 0.717) is 0 Å². The average Bonchev–Trinajstić information content (AvgIpc) is 3.37. The summed E-state index contributed by atoms with van der Waals surface area (Å²) in [6, 6.07) is 29.1. The van der Waals surface area contributed by atoms with Crippen molar-refractivity contribution in [3.8, 4) is 0 Å². The molecule has 0 saturated carbocycles. The van der Waals surface area contributed by atoms with E-state index in [1.807, 2.05) is 43.3 Å². The number of rotatable bonds is 5. The first kappa shape index (κ1) is 15.8. The van der Waals surface area contributed by atoms with Gasteiger partial charge in [-0.15, -0.1) is 0 Å². The smallest absolute Gasteiger partial charge is 0.226 e. The van der Waals surface area contributed by atoms with Crippen molar-refractivity contribution in [1.82, 2.24) is 0 Å². The van der Waals surface area contributed by atoms with Gasteiger partial charge < -0.3 is 4.90 Å². The molecule has 0 aromatic heterocycles. The highest BCUT2D eigenvalue weighted by Gasteiger charge is 2.59. The Morgan fingerprint density at radius 2 is 1.44 bits per heavy atom.